The molecule has 0 radical (unpaired) electrons. The molecule has 0 aliphatic carbocycles. The molecule has 0 N–H and O–H groups in total. The highest BCUT2D eigenvalue weighted by Crippen LogP contribution is 2.31. The molecule has 0 aliphatic heterocycles. The van der Waals surface area contributed by atoms with E-state index in [4.69, 9.17) is 0 Å². The van der Waals surface area contributed by atoms with Crippen molar-refractivity contribution >= 4 is 15.9 Å². The van der Waals surface area contributed by atoms with Crippen LogP contribution < -0.4 is 0 Å². The zero-order chi connectivity index (χ0) is 14.0. The summed E-state index contributed by atoms with van der Waals surface area (Å²) in [4.78, 5) is -0.0244. The van der Waals surface area contributed by atoms with Crippen LogP contribution in [0.1, 0.15) is 27.1 Å². The van der Waals surface area contributed by atoms with Crippen molar-refractivity contribution in [2.24, 2.45) is 0 Å². The highest BCUT2D eigenvalue weighted by Gasteiger charge is 2.15. The lowest BCUT2D eigenvalue weighted by molar-refractivity contribution is 0.498. The Kier molecular flexibility index (Phi) is 4.35. The minimum Gasteiger partial charge on any atom is -0.204 e. The predicted molar refractivity (Wildman–Crippen MR) is 77.6 cm³/mol. The first-order valence-corrected chi connectivity index (χ1v) is 7.05. The molecule has 0 aromatic heterocycles. The van der Waals surface area contributed by atoms with Gasteiger partial charge in [-0.05, 0) is 48.6 Å². The van der Waals surface area contributed by atoms with Crippen LogP contribution in [0, 0.1) is 25.5 Å². The minimum atomic E-state index is -0.793. The van der Waals surface area contributed by atoms with Crippen LogP contribution in [-0.4, -0.2) is 0 Å². The maximum absolute atomic E-state index is 13.7. The van der Waals surface area contributed by atoms with Crippen molar-refractivity contribution in [3.05, 3.63) is 70.3 Å². The Balaban J connectivity index is 2.28. The van der Waals surface area contributed by atoms with E-state index in [-0.39, 0.29) is 4.83 Å². The Morgan fingerprint density at radius 2 is 1.74 bits per heavy atom. The molecular weight excluding hydrogens is 310 g/mol. The van der Waals surface area contributed by atoms with E-state index in [0.717, 1.165) is 11.6 Å². The van der Waals surface area contributed by atoms with Gasteiger partial charge in [-0.1, -0.05) is 46.3 Å². The summed E-state index contributed by atoms with van der Waals surface area (Å²) in [6.07, 6.45) is 0.424. The largest absolute Gasteiger partial charge is 0.204 e. The Bertz CT molecular complexity index is 593. The van der Waals surface area contributed by atoms with Crippen molar-refractivity contribution < 1.29 is 8.78 Å². The van der Waals surface area contributed by atoms with Gasteiger partial charge in [-0.2, -0.15) is 0 Å². The molecular formula is C16H15BrF2. The van der Waals surface area contributed by atoms with E-state index in [9.17, 15) is 8.78 Å². The molecule has 0 spiro atoms. The van der Waals surface area contributed by atoms with Gasteiger partial charge in [-0.25, -0.2) is 8.78 Å². The molecule has 1 unspecified atom stereocenters. The summed E-state index contributed by atoms with van der Waals surface area (Å²) in [5.74, 6) is -1.55. The van der Waals surface area contributed by atoms with E-state index >= 15 is 0 Å². The van der Waals surface area contributed by atoms with Crippen LogP contribution in [0.15, 0.2) is 36.4 Å². The molecule has 3 heteroatoms. The number of halogens is 3. The zero-order valence-electron chi connectivity index (χ0n) is 10.9. The van der Waals surface area contributed by atoms with E-state index in [1.54, 1.807) is 6.07 Å². The van der Waals surface area contributed by atoms with E-state index < -0.39 is 11.6 Å². The van der Waals surface area contributed by atoms with E-state index in [1.165, 1.54) is 17.2 Å². The number of rotatable bonds is 3. The van der Waals surface area contributed by atoms with Crippen LogP contribution in [0.4, 0.5) is 8.78 Å². The van der Waals surface area contributed by atoms with Crippen molar-refractivity contribution in [3.63, 3.8) is 0 Å². The molecule has 0 aliphatic rings. The molecule has 0 bridgehead atoms. The second-order valence-electron chi connectivity index (χ2n) is 4.67. The first-order valence-electron chi connectivity index (χ1n) is 6.13. The molecule has 1 atom stereocenters. The predicted octanol–water partition coefficient (Wildman–Crippen LogP) is 5.26. The standard InChI is InChI=1S/C16H15BrF2/c1-10-5-3-7-13(11(10)2)14(17)9-12-6-4-8-15(18)16(12)19/h3-8,14H,9H2,1-2H3. The third-order valence-corrected chi connectivity index (χ3v) is 4.23. The fourth-order valence-electron chi connectivity index (χ4n) is 2.12. The molecule has 0 fully saturated rings. The van der Waals surface area contributed by atoms with Crippen LogP contribution >= 0.6 is 15.9 Å². The van der Waals surface area contributed by atoms with Crippen LogP contribution in [0.25, 0.3) is 0 Å². The molecule has 2 aromatic carbocycles. The fraction of sp³-hybridized carbons (Fsp3) is 0.250. The lowest BCUT2D eigenvalue weighted by Crippen LogP contribution is -2.02. The van der Waals surface area contributed by atoms with Gasteiger partial charge in [0.1, 0.15) is 0 Å². The number of alkyl halides is 1. The number of aryl methyl sites for hydroxylation is 1. The maximum Gasteiger partial charge on any atom is 0.162 e. The lowest BCUT2D eigenvalue weighted by atomic mass is 9.97. The minimum absolute atomic E-state index is 0.0244. The Morgan fingerprint density at radius 1 is 1.05 bits per heavy atom. The Morgan fingerprint density at radius 3 is 2.47 bits per heavy atom. The highest BCUT2D eigenvalue weighted by molar-refractivity contribution is 9.09. The van der Waals surface area contributed by atoms with Gasteiger partial charge in [0, 0.05) is 4.83 Å². The Hall–Kier alpha value is -1.22. The molecule has 100 valence electrons. The molecule has 0 saturated carbocycles. The number of benzene rings is 2. The summed E-state index contributed by atoms with van der Waals surface area (Å²) in [6, 6.07) is 10.3. The fourth-order valence-corrected chi connectivity index (χ4v) is 2.97. The summed E-state index contributed by atoms with van der Waals surface area (Å²) in [5.41, 5.74) is 3.88. The number of hydrogen-bond acceptors (Lipinski definition) is 0. The molecule has 0 heterocycles. The van der Waals surface area contributed by atoms with Crippen molar-refractivity contribution in [2.45, 2.75) is 25.1 Å². The van der Waals surface area contributed by atoms with Gasteiger partial charge < -0.3 is 0 Å². The van der Waals surface area contributed by atoms with Gasteiger partial charge in [-0.15, -0.1) is 0 Å². The van der Waals surface area contributed by atoms with E-state index in [0.29, 0.717) is 12.0 Å². The van der Waals surface area contributed by atoms with Gasteiger partial charge in [0.25, 0.3) is 0 Å². The SMILES string of the molecule is Cc1cccc(C(Br)Cc2cccc(F)c2F)c1C. The summed E-state index contributed by atoms with van der Waals surface area (Å²) < 4.78 is 26.8. The van der Waals surface area contributed by atoms with Gasteiger partial charge in [0.05, 0.1) is 0 Å². The quantitative estimate of drug-likeness (QED) is 0.675. The average molecular weight is 325 g/mol. The molecule has 2 aromatic rings. The summed E-state index contributed by atoms with van der Waals surface area (Å²) >= 11 is 3.58. The average Bonchev–Trinajstić information content (AvgIpc) is 2.38. The summed E-state index contributed by atoms with van der Waals surface area (Å²) in [6.45, 7) is 4.09. The van der Waals surface area contributed by atoms with Crippen molar-refractivity contribution in [3.8, 4) is 0 Å². The van der Waals surface area contributed by atoms with Crippen LogP contribution in [0.5, 0.6) is 0 Å². The van der Waals surface area contributed by atoms with E-state index in [2.05, 4.69) is 15.9 Å². The van der Waals surface area contributed by atoms with Crippen molar-refractivity contribution in [1.29, 1.82) is 0 Å². The summed E-state index contributed by atoms with van der Waals surface area (Å²) in [5, 5.41) is 0. The first kappa shape index (κ1) is 14.2. The second-order valence-corrected chi connectivity index (χ2v) is 5.78. The zero-order valence-corrected chi connectivity index (χ0v) is 12.5. The van der Waals surface area contributed by atoms with E-state index in [1.807, 2.05) is 32.0 Å². The number of hydrogen-bond donors (Lipinski definition) is 0. The van der Waals surface area contributed by atoms with Gasteiger partial charge in [-0.3, -0.25) is 0 Å². The molecule has 2 rings (SSSR count). The third-order valence-electron chi connectivity index (χ3n) is 3.41. The lowest BCUT2D eigenvalue weighted by Gasteiger charge is -2.15. The summed E-state index contributed by atoms with van der Waals surface area (Å²) in [7, 11) is 0. The normalized spacial score (nSPS) is 12.5. The molecule has 0 saturated heterocycles. The van der Waals surface area contributed by atoms with Crippen molar-refractivity contribution in [2.75, 3.05) is 0 Å². The van der Waals surface area contributed by atoms with Crippen LogP contribution in [-0.2, 0) is 6.42 Å². The van der Waals surface area contributed by atoms with Gasteiger partial charge in [0.15, 0.2) is 11.6 Å². The first-order chi connectivity index (χ1) is 9.00. The van der Waals surface area contributed by atoms with Gasteiger partial charge >= 0.3 is 0 Å². The van der Waals surface area contributed by atoms with Crippen LogP contribution in [0.3, 0.4) is 0 Å². The molecule has 0 amide bonds. The Labute approximate surface area is 120 Å². The van der Waals surface area contributed by atoms with Crippen LogP contribution in [0.2, 0.25) is 0 Å². The monoisotopic (exact) mass is 324 g/mol. The molecule has 0 nitrogen and oxygen atoms in total. The molecule has 19 heavy (non-hydrogen) atoms. The topological polar surface area (TPSA) is 0 Å². The van der Waals surface area contributed by atoms with Gasteiger partial charge in [0.2, 0.25) is 0 Å². The maximum atomic E-state index is 13.7. The van der Waals surface area contributed by atoms with Crippen molar-refractivity contribution in [1.82, 2.24) is 0 Å². The smallest absolute Gasteiger partial charge is 0.162 e. The highest BCUT2D eigenvalue weighted by atomic mass is 79.9. The third kappa shape index (κ3) is 3.03. The second kappa shape index (κ2) is 5.83.